The minimum absolute atomic E-state index is 0. The molecule has 4 aromatic heterocycles. The molecular formula is C54H45Cl2F2N8O9PS2. The molecule has 0 spiro atoms. The number of hydrogen-bond donors (Lipinski definition) is 2. The van der Waals surface area contributed by atoms with E-state index in [4.69, 9.17) is 37.4 Å². The highest BCUT2D eigenvalue weighted by Gasteiger charge is 2.23. The van der Waals surface area contributed by atoms with Gasteiger partial charge in [0.05, 0.1) is 47.8 Å². The fourth-order valence-corrected chi connectivity index (χ4v) is 10.6. The summed E-state index contributed by atoms with van der Waals surface area (Å²) >= 11 is 12.1. The predicted octanol–water partition coefficient (Wildman–Crippen LogP) is 10.8. The number of nitrogens with zero attached hydrogens (tertiary/aromatic N) is 6. The Morgan fingerprint density at radius 3 is 1.38 bits per heavy atom. The molecule has 400 valence electrons. The average molecular weight is 1150 g/mol. The number of sulfonamides is 2. The zero-order chi connectivity index (χ0) is 53.9. The molecule has 0 amide bonds. The van der Waals surface area contributed by atoms with Crippen LogP contribution in [-0.4, -0.2) is 67.7 Å². The third kappa shape index (κ3) is 12.3. The maximum Gasteiger partial charge on any atom is 0.263 e. The van der Waals surface area contributed by atoms with Crippen molar-refractivity contribution in [2.45, 2.75) is 17.2 Å². The quantitative estimate of drug-likeness (QED) is 0.103. The summed E-state index contributed by atoms with van der Waals surface area (Å²) < 4.78 is 104. The van der Waals surface area contributed by atoms with Crippen molar-refractivity contribution in [1.82, 2.24) is 29.5 Å². The van der Waals surface area contributed by atoms with Crippen LogP contribution in [0, 0.1) is 11.6 Å². The van der Waals surface area contributed by atoms with E-state index in [9.17, 15) is 35.2 Å². The van der Waals surface area contributed by atoms with E-state index in [-0.39, 0.29) is 71.5 Å². The maximum atomic E-state index is 14.0. The summed E-state index contributed by atoms with van der Waals surface area (Å²) in [4.78, 5) is 26.1. The van der Waals surface area contributed by atoms with E-state index < -0.39 is 37.2 Å². The molecule has 0 fully saturated rings. The van der Waals surface area contributed by atoms with Gasteiger partial charge >= 0.3 is 0 Å². The van der Waals surface area contributed by atoms with Gasteiger partial charge in [-0.05, 0) is 156 Å². The van der Waals surface area contributed by atoms with Gasteiger partial charge in [-0.15, -0.1) is 10.2 Å². The molecular weight excluding hydrogens is 1110 g/mol. The molecule has 0 saturated carbocycles. The number of nitrogens with one attached hydrogen (secondary N) is 2. The average Bonchev–Trinajstić information content (AvgIpc) is 3.55. The second-order valence-electron chi connectivity index (χ2n) is 16.3. The summed E-state index contributed by atoms with van der Waals surface area (Å²) in [6, 6.07) is 37.2. The standard InChI is InChI=1S/C27H20ClFN4O5S.C26H18ClFN4O4S.CH4.H3P/c1-37-23-13-18(17-10-19(28)15-20(29)11-17)14-24(38-2)27(23)33-22-7-6-21(12-16(22)5-8-26(33)34)39(35,36)32-25-4-3-9-30-31-25;1-36-24-14-16(18-11-19(27)15-20(28)12-18)4-7-23(24)32-22-8-6-21(13-17(22)5-9-26(32)33)37(34,35)31-25-3-2-10-29-30-25;;/h3-15H,1-2H3,(H,31,32);2-15H,1H3,(H,30,31);1H4;1H3. The Bertz CT molecular complexity index is 4180. The van der Waals surface area contributed by atoms with Gasteiger partial charge in [-0.1, -0.05) is 36.7 Å². The van der Waals surface area contributed by atoms with E-state index in [2.05, 4.69) is 29.8 Å². The fourth-order valence-electron chi connectivity index (χ4n) is 8.13. The van der Waals surface area contributed by atoms with E-state index in [1.54, 1.807) is 66.7 Å². The molecule has 4 heterocycles. The first kappa shape index (κ1) is 57.4. The topological polar surface area (TPSA) is 216 Å². The van der Waals surface area contributed by atoms with Gasteiger partial charge in [0.1, 0.15) is 34.6 Å². The van der Waals surface area contributed by atoms with Crippen LogP contribution in [0.5, 0.6) is 17.2 Å². The smallest absolute Gasteiger partial charge is 0.263 e. The monoisotopic (exact) mass is 1150 g/mol. The highest BCUT2D eigenvalue weighted by Crippen LogP contribution is 2.40. The first-order valence-corrected chi connectivity index (χ1v) is 26.0. The summed E-state index contributed by atoms with van der Waals surface area (Å²) in [5.41, 5.74) is 3.04. The van der Waals surface area contributed by atoms with Crippen LogP contribution in [0.4, 0.5) is 20.4 Å². The van der Waals surface area contributed by atoms with Crippen LogP contribution in [0.1, 0.15) is 7.43 Å². The molecule has 10 rings (SSSR count). The molecule has 17 nitrogen and oxygen atoms in total. The Labute approximate surface area is 458 Å². The summed E-state index contributed by atoms with van der Waals surface area (Å²) in [5, 5.41) is 16.3. The van der Waals surface area contributed by atoms with Crippen LogP contribution >= 0.6 is 33.1 Å². The second kappa shape index (κ2) is 23.9. The van der Waals surface area contributed by atoms with Crippen LogP contribution in [0.15, 0.2) is 183 Å². The summed E-state index contributed by atoms with van der Waals surface area (Å²) in [6.07, 6.45) is 2.86. The number of fused-ring (bicyclic) bond motifs is 2. The van der Waals surface area contributed by atoms with Crippen molar-refractivity contribution in [3.05, 3.63) is 206 Å². The zero-order valence-electron chi connectivity index (χ0n) is 40.5. The number of methoxy groups -OCH3 is 3. The molecule has 0 radical (unpaired) electrons. The van der Waals surface area contributed by atoms with E-state index in [0.29, 0.717) is 55.5 Å². The normalized spacial score (nSPS) is 11.1. The lowest BCUT2D eigenvalue weighted by molar-refractivity contribution is 0.391. The highest BCUT2D eigenvalue weighted by molar-refractivity contribution is 7.93. The van der Waals surface area contributed by atoms with Gasteiger partial charge in [0.2, 0.25) is 0 Å². The molecule has 78 heavy (non-hydrogen) atoms. The zero-order valence-corrected chi connectivity index (χ0v) is 45.0. The Balaban J connectivity index is 0.000000221. The Morgan fingerprint density at radius 1 is 0.500 bits per heavy atom. The van der Waals surface area contributed by atoms with Gasteiger partial charge in [0.15, 0.2) is 11.6 Å². The number of ether oxygens (including phenoxy) is 3. The van der Waals surface area contributed by atoms with Crippen molar-refractivity contribution in [1.29, 1.82) is 0 Å². The van der Waals surface area contributed by atoms with E-state index >= 15 is 0 Å². The number of pyridine rings is 2. The molecule has 1 atom stereocenters. The van der Waals surface area contributed by atoms with Crippen molar-refractivity contribution in [3.63, 3.8) is 0 Å². The molecule has 10 aromatic rings. The lowest BCUT2D eigenvalue weighted by Gasteiger charge is -2.19. The van der Waals surface area contributed by atoms with Gasteiger partial charge < -0.3 is 14.2 Å². The largest absolute Gasteiger partial charge is 0.495 e. The highest BCUT2D eigenvalue weighted by atomic mass is 35.5. The van der Waals surface area contributed by atoms with Gasteiger partial charge in [-0.3, -0.25) is 28.2 Å². The molecule has 6 aromatic carbocycles. The van der Waals surface area contributed by atoms with Gasteiger partial charge in [-0.25, -0.2) is 25.6 Å². The predicted molar refractivity (Wildman–Crippen MR) is 303 cm³/mol. The van der Waals surface area contributed by atoms with Gasteiger partial charge in [0.25, 0.3) is 31.2 Å². The van der Waals surface area contributed by atoms with Crippen molar-refractivity contribution in [2.75, 3.05) is 30.8 Å². The molecule has 2 N–H and O–H groups in total. The minimum Gasteiger partial charge on any atom is -0.495 e. The van der Waals surface area contributed by atoms with Crippen molar-refractivity contribution < 1.29 is 39.8 Å². The Morgan fingerprint density at radius 2 is 0.936 bits per heavy atom. The molecule has 0 aliphatic heterocycles. The number of halogens is 4. The summed E-state index contributed by atoms with van der Waals surface area (Å²) in [7, 11) is -3.63. The first-order valence-electron chi connectivity index (χ1n) is 22.3. The second-order valence-corrected chi connectivity index (χ2v) is 20.6. The number of aromatic nitrogens is 6. The van der Waals surface area contributed by atoms with E-state index in [1.165, 1.54) is 128 Å². The number of hydrogen-bond acceptors (Lipinski definition) is 13. The summed E-state index contributed by atoms with van der Waals surface area (Å²) in [6.45, 7) is 0. The van der Waals surface area contributed by atoms with E-state index in [1.807, 2.05) is 0 Å². The van der Waals surface area contributed by atoms with Crippen LogP contribution in [0.25, 0.3) is 55.4 Å². The van der Waals surface area contributed by atoms with Gasteiger partial charge in [0, 0.05) is 45.3 Å². The molecule has 0 aliphatic carbocycles. The lowest BCUT2D eigenvalue weighted by atomic mass is 10.0. The molecule has 0 aliphatic rings. The molecule has 1 unspecified atom stereocenters. The molecule has 0 bridgehead atoms. The Kier molecular flexibility index (Phi) is 17.6. The molecule has 24 heteroatoms. The fraction of sp³-hybridized carbons (Fsp3) is 0.0741. The van der Waals surface area contributed by atoms with Crippen molar-refractivity contribution in [3.8, 4) is 50.9 Å². The van der Waals surface area contributed by atoms with Crippen molar-refractivity contribution >= 4 is 86.6 Å². The third-order valence-electron chi connectivity index (χ3n) is 11.5. The first-order chi connectivity index (χ1) is 36.4. The number of rotatable bonds is 13. The Hall–Kier alpha value is -8.33. The maximum absolute atomic E-state index is 14.0. The number of anilines is 2. The van der Waals surface area contributed by atoms with Crippen LogP contribution < -0.4 is 34.8 Å². The van der Waals surface area contributed by atoms with Crippen LogP contribution in [0.3, 0.4) is 0 Å². The van der Waals surface area contributed by atoms with Crippen LogP contribution in [-0.2, 0) is 20.0 Å². The van der Waals surface area contributed by atoms with E-state index in [0.717, 1.165) is 0 Å². The molecule has 0 saturated heterocycles. The lowest BCUT2D eigenvalue weighted by Crippen LogP contribution is -2.19. The van der Waals surface area contributed by atoms with Gasteiger partial charge in [-0.2, -0.15) is 20.1 Å². The summed E-state index contributed by atoms with van der Waals surface area (Å²) in [5.74, 6) is 0.0441. The SMILES string of the molecule is C.COc1cc(-c2cc(F)cc(Cl)c2)cc(OC)c1-n1c(=O)ccc2cc(S(=O)(=O)Nc3cccnn3)ccc21.COc1cc(-c2cc(F)cc(Cl)c2)ccc1-n1c(=O)ccc2cc(S(=O)(=O)Nc3cccnn3)ccc21.P. The van der Waals surface area contributed by atoms with Crippen LogP contribution in [0.2, 0.25) is 10.0 Å². The third-order valence-corrected chi connectivity index (χ3v) is 14.6. The van der Waals surface area contributed by atoms with Crippen molar-refractivity contribution in [2.24, 2.45) is 0 Å². The minimum atomic E-state index is -3.99. The number of benzene rings is 6.